The standard InChI is InChI=1S/C14H18Cl3NO2/c15-5-8-18(9-6-16)13-3-1-12(2-4-13)11-14(19)20-10-7-17/h1-4H,5-11H2. The molecule has 0 spiro atoms. The fraction of sp³-hybridized carbons (Fsp3) is 0.500. The van der Waals surface area contributed by atoms with Gasteiger partial charge in [0, 0.05) is 30.5 Å². The number of carbonyl (C=O) groups excluding carboxylic acids is 1. The van der Waals surface area contributed by atoms with Crippen molar-refractivity contribution in [3.8, 4) is 0 Å². The average molecular weight is 339 g/mol. The highest BCUT2D eigenvalue weighted by molar-refractivity contribution is 6.18. The third-order valence-electron chi connectivity index (χ3n) is 2.70. The van der Waals surface area contributed by atoms with Crippen LogP contribution in [0.3, 0.4) is 0 Å². The second kappa shape index (κ2) is 10.1. The summed E-state index contributed by atoms with van der Waals surface area (Å²) in [6.07, 6.45) is 0.252. The number of benzene rings is 1. The molecule has 0 amide bonds. The summed E-state index contributed by atoms with van der Waals surface area (Å²) in [5, 5.41) is 0. The van der Waals surface area contributed by atoms with E-state index >= 15 is 0 Å². The van der Waals surface area contributed by atoms with E-state index in [-0.39, 0.29) is 19.0 Å². The summed E-state index contributed by atoms with van der Waals surface area (Å²) in [6.45, 7) is 1.73. The molecule has 0 saturated heterocycles. The van der Waals surface area contributed by atoms with E-state index in [9.17, 15) is 4.79 Å². The van der Waals surface area contributed by atoms with E-state index in [2.05, 4.69) is 4.90 Å². The fourth-order valence-corrected chi connectivity index (χ4v) is 2.25. The van der Waals surface area contributed by atoms with Gasteiger partial charge in [-0.2, -0.15) is 0 Å². The van der Waals surface area contributed by atoms with Crippen LogP contribution in [0.5, 0.6) is 0 Å². The summed E-state index contributed by atoms with van der Waals surface area (Å²) in [4.78, 5) is 13.6. The summed E-state index contributed by atoms with van der Waals surface area (Å²) in [6, 6.07) is 7.74. The average Bonchev–Trinajstić information content (AvgIpc) is 2.46. The summed E-state index contributed by atoms with van der Waals surface area (Å²) >= 11 is 17.0. The molecule has 0 aromatic heterocycles. The van der Waals surface area contributed by atoms with Crippen molar-refractivity contribution < 1.29 is 9.53 Å². The number of halogens is 3. The highest BCUT2D eigenvalue weighted by atomic mass is 35.5. The molecular formula is C14H18Cl3NO2. The number of rotatable bonds is 9. The summed E-state index contributed by atoms with van der Waals surface area (Å²) < 4.78 is 4.93. The normalized spacial score (nSPS) is 10.3. The molecule has 3 nitrogen and oxygen atoms in total. The lowest BCUT2D eigenvalue weighted by Crippen LogP contribution is -2.27. The summed E-state index contributed by atoms with van der Waals surface area (Å²) in [5.41, 5.74) is 1.95. The molecule has 0 heterocycles. The molecule has 112 valence electrons. The van der Waals surface area contributed by atoms with Gasteiger partial charge in [-0.3, -0.25) is 4.79 Å². The number of hydrogen-bond acceptors (Lipinski definition) is 3. The van der Waals surface area contributed by atoms with Crippen LogP contribution in [0, 0.1) is 0 Å². The van der Waals surface area contributed by atoms with Gasteiger partial charge in [-0.05, 0) is 17.7 Å². The first-order valence-electron chi connectivity index (χ1n) is 6.38. The smallest absolute Gasteiger partial charge is 0.310 e. The number of anilines is 1. The maximum absolute atomic E-state index is 11.5. The zero-order chi connectivity index (χ0) is 14.8. The molecule has 0 N–H and O–H groups in total. The molecule has 0 aliphatic carbocycles. The van der Waals surface area contributed by atoms with Crippen molar-refractivity contribution in [2.45, 2.75) is 6.42 Å². The van der Waals surface area contributed by atoms with E-state index in [1.54, 1.807) is 0 Å². The van der Waals surface area contributed by atoms with Crippen molar-refractivity contribution in [2.75, 3.05) is 42.2 Å². The first kappa shape index (κ1) is 17.4. The van der Waals surface area contributed by atoms with Crippen LogP contribution in [0.4, 0.5) is 5.69 Å². The highest BCUT2D eigenvalue weighted by Gasteiger charge is 2.07. The minimum absolute atomic E-state index is 0.248. The molecule has 0 aliphatic heterocycles. The zero-order valence-electron chi connectivity index (χ0n) is 11.2. The molecule has 0 unspecified atom stereocenters. The van der Waals surface area contributed by atoms with E-state index in [4.69, 9.17) is 39.5 Å². The summed E-state index contributed by atoms with van der Waals surface area (Å²) in [7, 11) is 0. The Hall–Kier alpha value is -0.640. The number of ether oxygens (including phenoxy) is 1. The van der Waals surface area contributed by atoms with Gasteiger partial charge in [0.25, 0.3) is 0 Å². The maximum Gasteiger partial charge on any atom is 0.310 e. The van der Waals surface area contributed by atoms with E-state index in [0.717, 1.165) is 24.3 Å². The van der Waals surface area contributed by atoms with Gasteiger partial charge in [0.15, 0.2) is 0 Å². The Balaban J connectivity index is 2.60. The fourth-order valence-electron chi connectivity index (χ4n) is 1.77. The molecule has 0 bridgehead atoms. The molecule has 0 saturated carbocycles. The van der Waals surface area contributed by atoms with Crippen molar-refractivity contribution in [2.24, 2.45) is 0 Å². The van der Waals surface area contributed by atoms with Crippen molar-refractivity contribution in [3.63, 3.8) is 0 Å². The lowest BCUT2D eigenvalue weighted by molar-refractivity contribution is -0.142. The zero-order valence-corrected chi connectivity index (χ0v) is 13.4. The number of hydrogen-bond donors (Lipinski definition) is 0. The van der Waals surface area contributed by atoms with Gasteiger partial charge >= 0.3 is 5.97 Å². The monoisotopic (exact) mass is 337 g/mol. The van der Waals surface area contributed by atoms with E-state index < -0.39 is 0 Å². The molecule has 0 atom stereocenters. The first-order valence-corrected chi connectivity index (χ1v) is 7.99. The lowest BCUT2D eigenvalue weighted by Gasteiger charge is -2.23. The Morgan fingerprint density at radius 2 is 1.60 bits per heavy atom. The Kier molecular flexibility index (Phi) is 8.83. The molecule has 20 heavy (non-hydrogen) atoms. The Morgan fingerprint density at radius 1 is 1.00 bits per heavy atom. The van der Waals surface area contributed by atoms with E-state index in [0.29, 0.717) is 17.6 Å². The van der Waals surface area contributed by atoms with Gasteiger partial charge in [-0.15, -0.1) is 34.8 Å². The number of carbonyl (C=O) groups is 1. The van der Waals surface area contributed by atoms with Crippen molar-refractivity contribution in [1.82, 2.24) is 0 Å². The van der Waals surface area contributed by atoms with Crippen LogP contribution in [0.25, 0.3) is 0 Å². The van der Waals surface area contributed by atoms with Gasteiger partial charge in [0.1, 0.15) is 6.61 Å². The van der Waals surface area contributed by atoms with Crippen LogP contribution in [-0.2, 0) is 16.0 Å². The molecule has 0 aliphatic rings. The molecule has 1 rings (SSSR count). The second-order valence-corrected chi connectivity index (χ2v) is 5.25. The van der Waals surface area contributed by atoms with Crippen LogP contribution in [0.1, 0.15) is 5.56 Å². The molecule has 1 aromatic carbocycles. The number of esters is 1. The number of alkyl halides is 3. The summed E-state index contributed by atoms with van der Waals surface area (Å²) in [5.74, 6) is 1.14. The first-order chi connectivity index (χ1) is 9.71. The molecule has 0 radical (unpaired) electrons. The van der Waals surface area contributed by atoms with Gasteiger partial charge in [0.2, 0.25) is 0 Å². The largest absolute Gasteiger partial charge is 0.464 e. The third kappa shape index (κ3) is 6.21. The van der Waals surface area contributed by atoms with E-state index in [1.807, 2.05) is 24.3 Å². The highest BCUT2D eigenvalue weighted by Crippen LogP contribution is 2.16. The lowest BCUT2D eigenvalue weighted by atomic mass is 10.1. The van der Waals surface area contributed by atoms with Gasteiger partial charge in [-0.1, -0.05) is 12.1 Å². The third-order valence-corrected chi connectivity index (χ3v) is 3.19. The predicted octanol–water partition coefficient (Wildman–Crippen LogP) is 3.30. The Bertz CT molecular complexity index is 392. The maximum atomic E-state index is 11.5. The topological polar surface area (TPSA) is 29.5 Å². The van der Waals surface area contributed by atoms with Crippen LogP contribution in [0.15, 0.2) is 24.3 Å². The van der Waals surface area contributed by atoms with Crippen molar-refractivity contribution in [3.05, 3.63) is 29.8 Å². The molecule has 0 fully saturated rings. The molecule has 6 heteroatoms. The van der Waals surface area contributed by atoms with Gasteiger partial charge < -0.3 is 9.64 Å². The SMILES string of the molecule is O=C(Cc1ccc(N(CCCl)CCCl)cc1)OCCCl. The Labute approximate surface area is 134 Å². The minimum atomic E-state index is -0.267. The Morgan fingerprint density at radius 3 is 2.10 bits per heavy atom. The minimum Gasteiger partial charge on any atom is -0.464 e. The van der Waals surface area contributed by atoms with Crippen LogP contribution < -0.4 is 4.90 Å². The predicted molar refractivity (Wildman–Crippen MR) is 85.5 cm³/mol. The van der Waals surface area contributed by atoms with Gasteiger partial charge in [-0.25, -0.2) is 0 Å². The number of nitrogens with zero attached hydrogens (tertiary/aromatic N) is 1. The quantitative estimate of drug-likeness (QED) is 0.511. The molecule has 1 aromatic rings. The molecular weight excluding hydrogens is 321 g/mol. The second-order valence-electron chi connectivity index (χ2n) is 4.12. The van der Waals surface area contributed by atoms with Crippen molar-refractivity contribution in [1.29, 1.82) is 0 Å². The van der Waals surface area contributed by atoms with Crippen molar-refractivity contribution >= 4 is 46.5 Å². The van der Waals surface area contributed by atoms with Gasteiger partial charge in [0.05, 0.1) is 12.3 Å². The van der Waals surface area contributed by atoms with Crippen LogP contribution in [-0.4, -0.2) is 43.3 Å². The van der Waals surface area contributed by atoms with Crippen LogP contribution in [0.2, 0.25) is 0 Å². The van der Waals surface area contributed by atoms with E-state index in [1.165, 1.54) is 0 Å². The van der Waals surface area contributed by atoms with Crippen LogP contribution >= 0.6 is 34.8 Å².